The van der Waals surface area contributed by atoms with E-state index in [-0.39, 0.29) is 4.75 Å². The van der Waals surface area contributed by atoms with Gasteiger partial charge >= 0.3 is 5.88 Å². The van der Waals surface area contributed by atoms with E-state index in [1.807, 2.05) is 11.8 Å². The fraction of sp³-hybridized carbons (Fsp3) is 0.667. The zero-order valence-electron chi connectivity index (χ0n) is 9.34. The number of carbonyl (C=O) groups is 1. The second-order valence-electron chi connectivity index (χ2n) is 4.25. The summed E-state index contributed by atoms with van der Waals surface area (Å²) in [5.74, 6) is 1.41. The van der Waals surface area contributed by atoms with E-state index >= 15 is 0 Å². The summed E-state index contributed by atoms with van der Waals surface area (Å²) in [7, 11) is 0. The maximum absolute atomic E-state index is 10.2. The largest absolute Gasteiger partial charge is 0.305 e. The van der Waals surface area contributed by atoms with Gasteiger partial charge in [0, 0.05) is 10.5 Å². The second kappa shape index (κ2) is 4.32. The van der Waals surface area contributed by atoms with Gasteiger partial charge in [-0.1, -0.05) is 0 Å². The lowest BCUT2D eigenvalue weighted by Gasteiger charge is -2.32. The van der Waals surface area contributed by atoms with Crippen LogP contribution in [0.25, 0.3) is 0 Å². The number of hydrogen-bond donors (Lipinski definition) is 1. The van der Waals surface area contributed by atoms with Crippen molar-refractivity contribution < 1.29 is 14.1 Å². The molecular weight excluding hydrogens is 228 g/mol. The van der Waals surface area contributed by atoms with Gasteiger partial charge in [0.25, 0.3) is 6.20 Å². The van der Waals surface area contributed by atoms with Crippen LogP contribution in [0, 0.1) is 0 Å². The highest BCUT2D eigenvalue weighted by molar-refractivity contribution is 8.00. The number of carbonyl (C=O) groups excluding carboxylic acids is 1. The van der Waals surface area contributed by atoms with E-state index in [9.17, 15) is 4.79 Å². The minimum absolute atomic E-state index is 0.211. The standard InChI is InChI=1S/C9H14N4O2S/c1-9(2)6-12(3-4-16-9)13-5-8(10-7-14)15-11-13/h5,7H,3-4,6H2,1-2H3/p+1. The van der Waals surface area contributed by atoms with Gasteiger partial charge in [-0.15, -0.1) is 0 Å². The van der Waals surface area contributed by atoms with E-state index in [2.05, 4.69) is 29.4 Å². The van der Waals surface area contributed by atoms with E-state index < -0.39 is 0 Å². The normalized spacial score (nSPS) is 19.5. The summed E-state index contributed by atoms with van der Waals surface area (Å²) in [5, 5.41) is 8.38. The van der Waals surface area contributed by atoms with Gasteiger partial charge in [-0.25, -0.2) is 0 Å². The Balaban J connectivity index is 2.08. The SMILES string of the molecule is CC1(C)CN([n+]2cc(NC=O)on2)CCS1. The molecule has 0 unspecified atom stereocenters. The summed E-state index contributed by atoms with van der Waals surface area (Å²) in [6.07, 6.45) is 2.24. The Kier molecular flexibility index (Phi) is 3.04. The molecule has 0 spiro atoms. The molecular formula is C9H15N4O2S+. The Morgan fingerprint density at radius 3 is 3.25 bits per heavy atom. The highest BCUT2D eigenvalue weighted by Crippen LogP contribution is 2.27. The third-order valence-corrected chi connectivity index (χ3v) is 3.65. The Morgan fingerprint density at radius 1 is 1.75 bits per heavy atom. The van der Waals surface area contributed by atoms with Crippen LogP contribution in [-0.4, -0.2) is 35.3 Å². The lowest BCUT2D eigenvalue weighted by atomic mass is 10.2. The molecule has 1 aliphatic heterocycles. The molecule has 0 saturated carbocycles. The first kappa shape index (κ1) is 11.3. The van der Waals surface area contributed by atoms with Crippen LogP contribution < -0.4 is 15.1 Å². The average molecular weight is 243 g/mol. The monoisotopic (exact) mass is 243 g/mol. The molecule has 88 valence electrons. The number of amides is 1. The lowest BCUT2D eigenvalue weighted by Crippen LogP contribution is -2.64. The van der Waals surface area contributed by atoms with E-state index in [1.54, 1.807) is 11.0 Å². The van der Waals surface area contributed by atoms with Gasteiger partial charge < -0.3 is 0 Å². The number of rotatable bonds is 3. The molecule has 16 heavy (non-hydrogen) atoms. The van der Waals surface area contributed by atoms with Crippen LogP contribution in [0.2, 0.25) is 0 Å². The summed E-state index contributed by atoms with van der Waals surface area (Å²) in [5.41, 5.74) is 0. The first-order chi connectivity index (χ1) is 7.61. The molecule has 1 fully saturated rings. The Labute approximate surface area is 97.9 Å². The van der Waals surface area contributed by atoms with Crippen LogP contribution in [0.3, 0.4) is 0 Å². The molecule has 0 bridgehead atoms. The van der Waals surface area contributed by atoms with Gasteiger partial charge in [0.2, 0.25) is 11.7 Å². The van der Waals surface area contributed by atoms with Gasteiger partial charge in [-0.3, -0.25) is 14.6 Å². The van der Waals surface area contributed by atoms with E-state index in [0.717, 1.165) is 18.8 Å². The van der Waals surface area contributed by atoms with Crippen molar-refractivity contribution in [2.45, 2.75) is 18.6 Å². The highest BCUT2D eigenvalue weighted by Gasteiger charge is 2.33. The van der Waals surface area contributed by atoms with Crippen molar-refractivity contribution in [3.05, 3.63) is 6.20 Å². The predicted octanol–water partition coefficient (Wildman–Crippen LogP) is -0.00620. The van der Waals surface area contributed by atoms with Crippen molar-refractivity contribution in [2.24, 2.45) is 0 Å². The number of nitrogens with zero attached hydrogens (tertiary/aromatic N) is 3. The molecule has 1 saturated heterocycles. The molecule has 1 N–H and O–H groups in total. The molecule has 0 aliphatic carbocycles. The Morgan fingerprint density at radius 2 is 2.56 bits per heavy atom. The Bertz CT molecular complexity index is 379. The first-order valence-corrected chi connectivity index (χ1v) is 6.07. The quantitative estimate of drug-likeness (QED) is 0.598. The summed E-state index contributed by atoms with van der Waals surface area (Å²) >= 11 is 1.95. The third-order valence-electron chi connectivity index (χ3n) is 2.35. The Hall–Kier alpha value is -1.24. The zero-order valence-corrected chi connectivity index (χ0v) is 10.2. The first-order valence-electron chi connectivity index (χ1n) is 5.09. The van der Waals surface area contributed by atoms with Gasteiger partial charge in [0.05, 0.1) is 17.9 Å². The summed E-state index contributed by atoms with van der Waals surface area (Å²) < 4.78 is 5.16. The molecule has 1 amide bonds. The molecule has 2 heterocycles. The van der Waals surface area contributed by atoms with Crippen LogP contribution in [-0.2, 0) is 4.79 Å². The van der Waals surface area contributed by atoms with Crippen LogP contribution in [0.15, 0.2) is 10.7 Å². The van der Waals surface area contributed by atoms with Gasteiger partial charge in [0.15, 0.2) is 0 Å². The van der Waals surface area contributed by atoms with Crippen LogP contribution >= 0.6 is 11.8 Å². The molecule has 6 nitrogen and oxygen atoms in total. The molecule has 7 heteroatoms. The summed E-state index contributed by atoms with van der Waals surface area (Å²) in [4.78, 5) is 11.9. The van der Waals surface area contributed by atoms with E-state index in [0.29, 0.717) is 12.3 Å². The summed E-state index contributed by atoms with van der Waals surface area (Å²) in [6.45, 7) is 6.23. The van der Waals surface area contributed by atoms with Crippen molar-refractivity contribution in [3.63, 3.8) is 0 Å². The number of nitrogens with one attached hydrogen (secondary N) is 1. The number of thioether (sulfide) groups is 1. The molecule has 0 atom stereocenters. The van der Waals surface area contributed by atoms with Crippen LogP contribution in [0.4, 0.5) is 5.88 Å². The zero-order chi connectivity index (χ0) is 11.6. The van der Waals surface area contributed by atoms with Crippen molar-refractivity contribution >= 4 is 24.1 Å². The molecule has 0 aromatic carbocycles. The van der Waals surface area contributed by atoms with Crippen molar-refractivity contribution in [3.8, 4) is 0 Å². The van der Waals surface area contributed by atoms with Crippen LogP contribution in [0.5, 0.6) is 0 Å². The number of anilines is 1. The topological polar surface area (TPSA) is 62.2 Å². The lowest BCUT2D eigenvalue weighted by molar-refractivity contribution is -0.758. The fourth-order valence-electron chi connectivity index (χ4n) is 1.66. The van der Waals surface area contributed by atoms with Crippen molar-refractivity contribution in [1.29, 1.82) is 0 Å². The van der Waals surface area contributed by atoms with Gasteiger partial charge in [0.1, 0.15) is 0 Å². The fourth-order valence-corrected chi connectivity index (χ4v) is 2.75. The maximum atomic E-state index is 10.2. The van der Waals surface area contributed by atoms with E-state index in [1.165, 1.54) is 0 Å². The maximum Gasteiger partial charge on any atom is 0.305 e. The molecule has 2 rings (SSSR count). The minimum Gasteiger partial charge on any atom is -0.291 e. The third kappa shape index (κ3) is 2.46. The predicted molar refractivity (Wildman–Crippen MR) is 60.9 cm³/mol. The van der Waals surface area contributed by atoms with Crippen LogP contribution in [0.1, 0.15) is 13.8 Å². The molecule has 1 aliphatic rings. The summed E-state index contributed by atoms with van der Waals surface area (Å²) in [6, 6.07) is 0. The van der Waals surface area contributed by atoms with Gasteiger partial charge in [-0.05, 0) is 13.8 Å². The second-order valence-corrected chi connectivity index (χ2v) is 6.05. The smallest absolute Gasteiger partial charge is 0.291 e. The highest BCUT2D eigenvalue weighted by atomic mass is 32.2. The van der Waals surface area contributed by atoms with Crippen molar-refractivity contribution in [1.82, 2.24) is 5.27 Å². The number of aromatic nitrogens is 2. The van der Waals surface area contributed by atoms with Crippen molar-refractivity contribution in [2.75, 3.05) is 29.2 Å². The average Bonchev–Trinajstić information content (AvgIpc) is 2.65. The molecule has 1 aromatic rings. The molecule has 0 radical (unpaired) electrons. The molecule has 1 aromatic heterocycles. The minimum atomic E-state index is 0.211. The van der Waals surface area contributed by atoms with E-state index in [4.69, 9.17) is 4.52 Å². The number of hydrogen-bond acceptors (Lipinski definition) is 5. The van der Waals surface area contributed by atoms with Gasteiger partial charge in [-0.2, -0.15) is 16.8 Å².